The molecule has 0 aliphatic rings. The van der Waals surface area contributed by atoms with Gasteiger partial charge in [0.15, 0.2) is 5.96 Å². The van der Waals surface area contributed by atoms with Crippen LogP contribution in [-0.4, -0.2) is 24.6 Å². The highest BCUT2D eigenvalue weighted by Crippen LogP contribution is 2.13. The van der Waals surface area contributed by atoms with E-state index in [4.69, 9.17) is 4.74 Å². The number of benzene rings is 1. The van der Waals surface area contributed by atoms with Crippen LogP contribution in [0, 0.1) is 5.82 Å². The third-order valence-corrected chi connectivity index (χ3v) is 3.17. The molecule has 0 amide bonds. The van der Waals surface area contributed by atoms with E-state index in [2.05, 4.69) is 20.6 Å². The summed E-state index contributed by atoms with van der Waals surface area (Å²) in [7, 11) is 1.70. The van der Waals surface area contributed by atoms with Crippen molar-refractivity contribution in [2.75, 3.05) is 13.7 Å². The Bertz CT molecular complexity index is 643. The number of guanidine groups is 1. The fourth-order valence-corrected chi connectivity index (χ4v) is 2.01. The number of aromatic nitrogens is 1. The van der Waals surface area contributed by atoms with E-state index < -0.39 is 0 Å². The Kier molecular flexibility index (Phi) is 6.35. The van der Waals surface area contributed by atoms with E-state index in [9.17, 15) is 4.39 Å². The molecule has 0 atom stereocenters. The normalized spacial score (nSPS) is 11.2. The Hall–Kier alpha value is -2.63. The Morgan fingerprint density at radius 1 is 1.17 bits per heavy atom. The summed E-state index contributed by atoms with van der Waals surface area (Å²) in [6.45, 7) is 3.61. The van der Waals surface area contributed by atoms with Gasteiger partial charge in [-0.1, -0.05) is 18.2 Å². The summed E-state index contributed by atoms with van der Waals surface area (Å²) >= 11 is 0. The topological polar surface area (TPSA) is 58.5 Å². The molecule has 5 nitrogen and oxygen atoms in total. The quantitative estimate of drug-likeness (QED) is 0.635. The van der Waals surface area contributed by atoms with Crippen LogP contribution < -0.4 is 15.4 Å². The molecule has 2 aromatic rings. The highest BCUT2D eigenvalue weighted by atomic mass is 19.1. The molecule has 1 heterocycles. The molecule has 0 bridgehead atoms. The van der Waals surface area contributed by atoms with Gasteiger partial charge >= 0.3 is 0 Å². The molecule has 0 aliphatic carbocycles. The van der Waals surface area contributed by atoms with Crippen LogP contribution in [0.3, 0.4) is 0 Å². The van der Waals surface area contributed by atoms with Crippen LogP contribution in [0.2, 0.25) is 0 Å². The Morgan fingerprint density at radius 2 is 1.91 bits per heavy atom. The minimum absolute atomic E-state index is 0.240. The molecule has 122 valence electrons. The van der Waals surface area contributed by atoms with E-state index in [1.807, 2.05) is 19.1 Å². The average molecular weight is 316 g/mol. The van der Waals surface area contributed by atoms with E-state index in [1.54, 1.807) is 25.4 Å². The zero-order chi connectivity index (χ0) is 16.5. The lowest BCUT2D eigenvalue weighted by molar-refractivity contribution is 0.322. The third-order valence-electron chi connectivity index (χ3n) is 3.17. The molecular weight excluding hydrogens is 295 g/mol. The number of halogens is 1. The molecule has 0 radical (unpaired) electrons. The van der Waals surface area contributed by atoms with Crippen molar-refractivity contribution in [3.8, 4) is 5.88 Å². The molecule has 0 saturated heterocycles. The molecule has 0 aliphatic heterocycles. The van der Waals surface area contributed by atoms with Gasteiger partial charge in [0.2, 0.25) is 5.88 Å². The van der Waals surface area contributed by atoms with Crippen LogP contribution in [0.1, 0.15) is 18.1 Å². The lowest BCUT2D eigenvalue weighted by Gasteiger charge is -2.13. The van der Waals surface area contributed by atoms with Crippen molar-refractivity contribution in [1.82, 2.24) is 15.6 Å². The van der Waals surface area contributed by atoms with Crippen molar-refractivity contribution >= 4 is 5.96 Å². The highest BCUT2D eigenvalue weighted by molar-refractivity contribution is 5.79. The fraction of sp³-hybridized carbons (Fsp3) is 0.294. The number of rotatable bonds is 6. The largest absolute Gasteiger partial charge is 0.478 e. The Balaban J connectivity index is 1.89. The minimum Gasteiger partial charge on any atom is -0.478 e. The first-order chi connectivity index (χ1) is 11.2. The summed E-state index contributed by atoms with van der Waals surface area (Å²) < 4.78 is 18.4. The zero-order valence-electron chi connectivity index (χ0n) is 13.3. The SMILES string of the molecule is CCOc1ncccc1CNC(=NC)NCc1ccc(F)cc1. The molecule has 1 aromatic carbocycles. The van der Waals surface area contributed by atoms with Gasteiger partial charge in [-0.2, -0.15) is 0 Å². The van der Waals surface area contributed by atoms with Crippen LogP contribution in [-0.2, 0) is 13.1 Å². The van der Waals surface area contributed by atoms with Crippen LogP contribution >= 0.6 is 0 Å². The first-order valence-corrected chi connectivity index (χ1v) is 7.48. The van der Waals surface area contributed by atoms with Gasteiger partial charge in [0.1, 0.15) is 5.82 Å². The number of hydrogen-bond acceptors (Lipinski definition) is 3. The first kappa shape index (κ1) is 16.7. The Morgan fingerprint density at radius 3 is 2.61 bits per heavy atom. The molecule has 2 rings (SSSR count). The number of nitrogens with one attached hydrogen (secondary N) is 2. The van der Waals surface area contributed by atoms with Gasteiger partial charge in [-0.05, 0) is 30.7 Å². The lowest BCUT2D eigenvalue weighted by Crippen LogP contribution is -2.36. The van der Waals surface area contributed by atoms with Gasteiger partial charge in [0.05, 0.1) is 6.61 Å². The fourth-order valence-electron chi connectivity index (χ4n) is 2.01. The molecule has 2 N–H and O–H groups in total. The molecule has 0 unspecified atom stereocenters. The number of nitrogens with zero attached hydrogens (tertiary/aromatic N) is 2. The van der Waals surface area contributed by atoms with Crippen molar-refractivity contribution in [3.63, 3.8) is 0 Å². The second-order valence-corrected chi connectivity index (χ2v) is 4.81. The summed E-state index contributed by atoms with van der Waals surface area (Å²) in [4.78, 5) is 8.39. The maximum atomic E-state index is 12.9. The van der Waals surface area contributed by atoms with Gasteiger partial charge in [-0.15, -0.1) is 0 Å². The van der Waals surface area contributed by atoms with Gasteiger partial charge in [-0.3, -0.25) is 4.99 Å². The van der Waals surface area contributed by atoms with Crippen LogP contribution in [0.4, 0.5) is 4.39 Å². The van der Waals surface area contributed by atoms with Crippen LogP contribution in [0.5, 0.6) is 5.88 Å². The Labute approximate surface area is 135 Å². The number of ether oxygens (including phenoxy) is 1. The lowest BCUT2D eigenvalue weighted by atomic mass is 10.2. The molecule has 1 aromatic heterocycles. The summed E-state index contributed by atoms with van der Waals surface area (Å²) in [6, 6.07) is 10.2. The standard InChI is InChI=1S/C17H21FN4O/c1-3-23-16-14(5-4-10-20-16)12-22-17(19-2)21-11-13-6-8-15(18)9-7-13/h4-10H,3,11-12H2,1-2H3,(H2,19,21,22). The number of pyridine rings is 1. The van der Waals surface area contributed by atoms with Gasteiger partial charge in [0.25, 0.3) is 0 Å². The van der Waals surface area contributed by atoms with Gasteiger partial charge < -0.3 is 15.4 Å². The summed E-state index contributed by atoms with van der Waals surface area (Å²) in [5, 5.41) is 6.39. The maximum absolute atomic E-state index is 12.9. The first-order valence-electron chi connectivity index (χ1n) is 7.48. The van der Waals surface area contributed by atoms with Crippen LogP contribution in [0.25, 0.3) is 0 Å². The molecule has 23 heavy (non-hydrogen) atoms. The number of aliphatic imine (C=N–C) groups is 1. The second kappa shape index (κ2) is 8.73. The van der Waals surface area contributed by atoms with E-state index in [-0.39, 0.29) is 5.82 Å². The van der Waals surface area contributed by atoms with Crippen LogP contribution in [0.15, 0.2) is 47.6 Å². The van der Waals surface area contributed by atoms with E-state index in [0.717, 1.165) is 11.1 Å². The molecular formula is C17H21FN4O. The highest BCUT2D eigenvalue weighted by Gasteiger charge is 2.05. The molecule has 0 fully saturated rings. The van der Waals surface area contributed by atoms with E-state index in [1.165, 1.54) is 12.1 Å². The molecule has 0 spiro atoms. The van der Waals surface area contributed by atoms with Gasteiger partial charge in [0, 0.05) is 31.9 Å². The third kappa shape index (κ3) is 5.25. The van der Waals surface area contributed by atoms with Crippen molar-refractivity contribution < 1.29 is 9.13 Å². The van der Waals surface area contributed by atoms with Crippen molar-refractivity contribution in [2.45, 2.75) is 20.0 Å². The number of hydrogen-bond donors (Lipinski definition) is 2. The predicted octanol–water partition coefficient (Wildman–Crippen LogP) is 2.48. The van der Waals surface area contributed by atoms with Crippen molar-refractivity contribution in [1.29, 1.82) is 0 Å². The van der Waals surface area contributed by atoms with Gasteiger partial charge in [-0.25, -0.2) is 9.37 Å². The minimum atomic E-state index is -0.240. The second-order valence-electron chi connectivity index (χ2n) is 4.81. The average Bonchev–Trinajstić information content (AvgIpc) is 2.58. The predicted molar refractivity (Wildman–Crippen MR) is 88.8 cm³/mol. The maximum Gasteiger partial charge on any atom is 0.218 e. The monoisotopic (exact) mass is 316 g/mol. The smallest absolute Gasteiger partial charge is 0.218 e. The van der Waals surface area contributed by atoms with Crippen molar-refractivity contribution in [3.05, 3.63) is 59.5 Å². The zero-order valence-corrected chi connectivity index (χ0v) is 13.3. The molecule has 6 heteroatoms. The summed E-state index contributed by atoms with van der Waals surface area (Å²) in [6.07, 6.45) is 1.70. The summed E-state index contributed by atoms with van der Waals surface area (Å²) in [5.41, 5.74) is 1.94. The van der Waals surface area contributed by atoms with E-state index >= 15 is 0 Å². The summed E-state index contributed by atoms with van der Waals surface area (Å²) in [5.74, 6) is 1.04. The van der Waals surface area contributed by atoms with Crippen molar-refractivity contribution in [2.24, 2.45) is 4.99 Å². The molecule has 0 saturated carbocycles. The van der Waals surface area contributed by atoms with E-state index in [0.29, 0.717) is 31.5 Å².